The summed E-state index contributed by atoms with van der Waals surface area (Å²) in [5, 5.41) is 0. The van der Waals surface area contributed by atoms with Gasteiger partial charge in [0.05, 0.1) is 11.8 Å². The molecule has 0 saturated heterocycles. The minimum Gasteiger partial charge on any atom is -0.298 e. The Hall–Kier alpha value is -0.290. The molecule has 0 amide bonds. The average molecular weight is 486 g/mol. The number of rotatable bonds is 2. The minimum absolute atomic E-state index is 0.0196. The Kier molecular flexibility index (Phi) is 4.66. The van der Waals surface area contributed by atoms with E-state index >= 15 is 0 Å². The molecule has 3 nitrogen and oxygen atoms in total. The number of hydrogen-bond donors (Lipinski definition) is 0. The van der Waals surface area contributed by atoms with E-state index in [2.05, 4.69) is 45.7 Å². The van der Waals surface area contributed by atoms with Gasteiger partial charge in [0.1, 0.15) is 3.74 Å². The lowest BCUT2D eigenvalue weighted by molar-refractivity contribution is -0.142. The highest BCUT2D eigenvalue weighted by Gasteiger charge is 2.62. The first-order valence-electron chi connectivity index (χ1n) is 9.78. The second-order valence-corrected chi connectivity index (χ2v) is 12.3. The fourth-order valence-electron chi connectivity index (χ4n) is 7.04. The van der Waals surface area contributed by atoms with E-state index in [1.807, 2.05) is 0 Å². The van der Waals surface area contributed by atoms with Crippen LogP contribution in [0, 0.1) is 34.5 Å². The van der Waals surface area contributed by atoms with Gasteiger partial charge in [-0.05, 0) is 74.7 Å². The predicted molar refractivity (Wildman–Crippen MR) is 107 cm³/mol. The van der Waals surface area contributed by atoms with Gasteiger partial charge >= 0.3 is 0 Å². The molecule has 0 aromatic carbocycles. The summed E-state index contributed by atoms with van der Waals surface area (Å²) in [5.74, 6) is 1.83. The molecule has 0 aromatic rings. The molecular weight excluding hydrogens is 460 g/mol. The van der Waals surface area contributed by atoms with E-state index in [9.17, 15) is 14.4 Å². The van der Waals surface area contributed by atoms with Crippen molar-refractivity contribution in [3.8, 4) is 0 Å². The lowest BCUT2D eigenvalue weighted by Crippen LogP contribution is -2.54. The van der Waals surface area contributed by atoms with Gasteiger partial charge in [0, 0.05) is 5.92 Å². The fraction of sp³-hybridized carbons (Fsp3) is 0.762. The van der Waals surface area contributed by atoms with Crippen molar-refractivity contribution in [2.75, 3.05) is 0 Å². The molecular formula is C21H26Br2O3. The van der Waals surface area contributed by atoms with Gasteiger partial charge < -0.3 is 0 Å². The first-order chi connectivity index (χ1) is 12.2. The number of carbonyl (C=O) groups excluding carboxylic acids is 3. The summed E-state index contributed by atoms with van der Waals surface area (Å²) in [6, 6.07) is 0. The molecule has 0 aliphatic heterocycles. The maximum atomic E-state index is 12.9. The summed E-state index contributed by atoms with van der Waals surface area (Å²) in [4.78, 5) is 37.6. The molecule has 0 heterocycles. The molecule has 0 unspecified atom stereocenters. The largest absolute Gasteiger partial charge is 0.298 e. The summed E-state index contributed by atoms with van der Waals surface area (Å²) in [7, 11) is 0. The molecule has 0 spiro atoms. The van der Waals surface area contributed by atoms with Gasteiger partial charge in [-0.25, -0.2) is 0 Å². The van der Waals surface area contributed by atoms with Crippen molar-refractivity contribution in [1.29, 1.82) is 0 Å². The third kappa shape index (κ3) is 2.52. The minimum atomic E-state index is -0.451. The van der Waals surface area contributed by atoms with E-state index in [4.69, 9.17) is 0 Å². The van der Waals surface area contributed by atoms with Gasteiger partial charge in [-0.2, -0.15) is 0 Å². The summed E-state index contributed by atoms with van der Waals surface area (Å²) in [6.07, 6.45) is 7.80. The Balaban J connectivity index is 1.67. The molecule has 0 radical (unpaired) electrons. The van der Waals surface area contributed by atoms with Gasteiger partial charge in [-0.1, -0.05) is 44.4 Å². The molecule has 26 heavy (non-hydrogen) atoms. The average Bonchev–Trinajstić information content (AvgIpc) is 2.92. The topological polar surface area (TPSA) is 51.2 Å². The van der Waals surface area contributed by atoms with Crippen LogP contribution in [0.4, 0.5) is 0 Å². The van der Waals surface area contributed by atoms with Crippen molar-refractivity contribution >= 4 is 49.2 Å². The van der Waals surface area contributed by atoms with Gasteiger partial charge in [-0.3, -0.25) is 14.4 Å². The number of Topliss-reactive ketones (excluding diaryl/α,β-unsaturated/α-hetero) is 2. The quantitative estimate of drug-likeness (QED) is 0.408. The highest BCUT2D eigenvalue weighted by molar-refractivity contribution is 9.25. The molecule has 6 atom stereocenters. The Morgan fingerprint density at radius 2 is 1.85 bits per heavy atom. The van der Waals surface area contributed by atoms with Gasteiger partial charge in [0.15, 0.2) is 17.3 Å². The molecule has 4 rings (SSSR count). The highest BCUT2D eigenvalue weighted by atomic mass is 79.9. The van der Waals surface area contributed by atoms with E-state index in [1.165, 1.54) is 0 Å². The highest BCUT2D eigenvalue weighted by Crippen LogP contribution is 2.66. The predicted octanol–water partition coefficient (Wildman–Crippen LogP) is 5.00. The third-order valence-corrected chi connectivity index (χ3v) is 9.30. The SMILES string of the molecule is C[C@]12C(=O)CC(=O)C=C1CC[C@@H]1[C@@H]2CC[C@]2(C)[C@@H](C(=O)C(Br)Br)CC[C@@H]12. The van der Waals surface area contributed by atoms with Crippen molar-refractivity contribution in [2.24, 2.45) is 34.5 Å². The van der Waals surface area contributed by atoms with Crippen molar-refractivity contribution < 1.29 is 14.4 Å². The molecule has 5 heteroatoms. The Morgan fingerprint density at radius 1 is 1.12 bits per heavy atom. The van der Waals surface area contributed by atoms with Crippen LogP contribution in [-0.4, -0.2) is 21.1 Å². The van der Waals surface area contributed by atoms with Crippen LogP contribution in [0.25, 0.3) is 0 Å². The molecule has 3 saturated carbocycles. The van der Waals surface area contributed by atoms with Crippen LogP contribution in [0.1, 0.15) is 58.8 Å². The zero-order valence-electron chi connectivity index (χ0n) is 15.4. The second-order valence-electron chi connectivity index (χ2n) is 9.23. The number of allylic oxidation sites excluding steroid dienone is 1. The fourth-order valence-corrected chi connectivity index (χ4v) is 7.68. The number of alkyl halides is 2. The molecule has 0 N–H and O–H groups in total. The molecule has 4 aliphatic rings. The monoisotopic (exact) mass is 484 g/mol. The lowest BCUT2D eigenvalue weighted by Gasteiger charge is -2.57. The second kappa shape index (κ2) is 6.37. The summed E-state index contributed by atoms with van der Waals surface area (Å²) in [5.41, 5.74) is 0.673. The lowest BCUT2D eigenvalue weighted by atomic mass is 9.46. The molecule has 0 aromatic heterocycles. The van der Waals surface area contributed by atoms with Crippen LogP contribution >= 0.6 is 31.9 Å². The zero-order chi connectivity index (χ0) is 18.9. The van der Waals surface area contributed by atoms with E-state index < -0.39 is 5.41 Å². The summed E-state index contributed by atoms with van der Waals surface area (Å²) < 4.78 is -0.266. The normalized spacial score (nSPS) is 45.0. The Labute approximate surface area is 172 Å². The van der Waals surface area contributed by atoms with Crippen molar-refractivity contribution in [3.05, 3.63) is 11.6 Å². The Bertz CT molecular complexity index is 712. The van der Waals surface area contributed by atoms with Crippen LogP contribution in [0.3, 0.4) is 0 Å². The molecule has 142 valence electrons. The van der Waals surface area contributed by atoms with Crippen molar-refractivity contribution in [1.82, 2.24) is 0 Å². The van der Waals surface area contributed by atoms with Crippen molar-refractivity contribution in [2.45, 2.75) is 62.5 Å². The standard InChI is InChI=1S/C21H26Br2O3/c1-20-8-7-15-13(14(20)5-6-16(20)18(26)19(22)23)4-3-11-9-12(24)10-17(25)21(11,15)2/h9,13-16,19H,3-8,10H2,1-2H3/t13-,14-,15-,16+,20-,21-/m0/s1. The number of hydrogen-bond acceptors (Lipinski definition) is 3. The molecule has 4 aliphatic carbocycles. The van der Waals surface area contributed by atoms with E-state index in [0.717, 1.165) is 44.1 Å². The number of carbonyl (C=O) groups is 3. The van der Waals surface area contributed by atoms with Crippen molar-refractivity contribution in [3.63, 3.8) is 0 Å². The number of fused-ring (bicyclic) bond motifs is 5. The van der Waals surface area contributed by atoms with Crippen LogP contribution in [-0.2, 0) is 14.4 Å². The number of halogens is 2. The van der Waals surface area contributed by atoms with Gasteiger partial charge in [-0.15, -0.1) is 0 Å². The van der Waals surface area contributed by atoms with E-state index in [0.29, 0.717) is 17.8 Å². The number of ketones is 3. The maximum Gasteiger partial charge on any atom is 0.163 e. The molecule has 3 fully saturated rings. The first-order valence-corrected chi connectivity index (χ1v) is 11.6. The summed E-state index contributed by atoms with van der Waals surface area (Å²) in [6.45, 7) is 4.41. The van der Waals surface area contributed by atoms with Crippen LogP contribution in [0.5, 0.6) is 0 Å². The van der Waals surface area contributed by atoms with Crippen LogP contribution < -0.4 is 0 Å². The first kappa shape index (κ1) is 19.0. The van der Waals surface area contributed by atoms with Crippen LogP contribution in [0.2, 0.25) is 0 Å². The maximum absolute atomic E-state index is 12.9. The van der Waals surface area contributed by atoms with Gasteiger partial charge in [0.25, 0.3) is 0 Å². The smallest absolute Gasteiger partial charge is 0.163 e. The summed E-state index contributed by atoms with van der Waals surface area (Å²) >= 11 is 6.82. The Morgan fingerprint density at radius 3 is 2.54 bits per heavy atom. The van der Waals surface area contributed by atoms with E-state index in [-0.39, 0.29) is 38.8 Å². The zero-order valence-corrected chi connectivity index (χ0v) is 18.6. The van der Waals surface area contributed by atoms with Gasteiger partial charge in [0.2, 0.25) is 0 Å². The van der Waals surface area contributed by atoms with Crippen LogP contribution in [0.15, 0.2) is 11.6 Å². The molecule has 0 bridgehead atoms. The third-order valence-electron chi connectivity index (χ3n) is 8.40. The van der Waals surface area contributed by atoms with E-state index in [1.54, 1.807) is 6.08 Å².